The minimum absolute atomic E-state index is 0.303. The molecular weight excluding hydrogens is 228 g/mol. The Kier molecular flexibility index (Phi) is 4.81. The van der Waals surface area contributed by atoms with E-state index < -0.39 is 0 Å². The van der Waals surface area contributed by atoms with E-state index in [1.807, 2.05) is 18.2 Å². The first kappa shape index (κ1) is 13.1. The van der Waals surface area contributed by atoms with Crippen molar-refractivity contribution in [3.05, 3.63) is 18.2 Å². The summed E-state index contributed by atoms with van der Waals surface area (Å²) < 4.78 is 5.10. The molecule has 100 valence electrons. The van der Waals surface area contributed by atoms with Crippen LogP contribution in [0.3, 0.4) is 0 Å². The highest BCUT2D eigenvalue weighted by atomic mass is 16.5. The van der Waals surface area contributed by atoms with Gasteiger partial charge in [-0.05, 0) is 30.7 Å². The first-order valence-corrected chi connectivity index (χ1v) is 6.69. The second-order valence-corrected chi connectivity index (χ2v) is 4.93. The molecule has 0 spiro atoms. The number of nitrogens with one attached hydrogen (secondary N) is 1. The summed E-state index contributed by atoms with van der Waals surface area (Å²) in [4.78, 5) is 4.33. The SMILES string of the molecule is COc1cccc(NCC2CCCCC2CO)n1. The summed E-state index contributed by atoms with van der Waals surface area (Å²) in [5.41, 5.74) is 0. The zero-order valence-corrected chi connectivity index (χ0v) is 10.9. The lowest BCUT2D eigenvalue weighted by atomic mass is 9.79. The van der Waals surface area contributed by atoms with Crippen molar-refractivity contribution in [2.75, 3.05) is 25.6 Å². The van der Waals surface area contributed by atoms with Crippen molar-refractivity contribution in [1.29, 1.82) is 0 Å². The lowest BCUT2D eigenvalue weighted by Crippen LogP contribution is -2.28. The van der Waals surface area contributed by atoms with Gasteiger partial charge in [0.1, 0.15) is 5.82 Å². The van der Waals surface area contributed by atoms with Crippen molar-refractivity contribution in [2.24, 2.45) is 11.8 Å². The molecule has 4 nitrogen and oxygen atoms in total. The standard InChI is InChI=1S/C14H22N2O2/c1-18-14-8-4-7-13(16-14)15-9-11-5-2-3-6-12(11)10-17/h4,7-8,11-12,17H,2-3,5-6,9-10H2,1H3,(H,15,16). The Morgan fingerprint density at radius 2 is 2.11 bits per heavy atom. The number of anilines is 1. The molecule has 0 bridgehead atoms. The normalized spacial score (nSPS) is 23.7. The molecule has 0 aliphatic heterocycles. The van der Waals surface area contributed by atoms with Crippen LogP contribution < -0.4 is 10.1 Å². The van der Waals surface area contributed by atoms with Gasteiger partial charge in [0.15, 0.2) is 0 Å². The average molecular weight is 250 g/mol. The molecule has 18 heavy (non-hydrogen) atoms. The maximum absolute atomic E-state index is 9.38. The summed E-state index contributed by atoms with van der Waals surface area (Å²) in [7, 11) is 1.62. The lowest BCUT2D eigenvalue weighted by Gasteiger charge is -2.30. The molecule has 1 fully saturated rings. The van der Waals surface area contributed by atoms with Gasteiger partial charge in [-0.25, -0.2) is 0 Å². The van der Waals surface area contributed by atoms with Crippen LogP contribution in [-0.2, 0) is 0 Å². The van der Waals surface area contributed by atoms with Gasteiger partial charge >= 0.3 is 0 Å². The van der Waals surface area contributed by atoms with E-state index in [1.54, 1.807) is 7.11 Å². The minimum Gasteiger partial charge on any atom is -0.481 e. The Labute approximate surface area is 108 Å². The fraction of sp³-hybridized carbons (Fsp3) is 0.643. The highest BCUT2D eigenvalue weighted by Gasteiger charge is 2.24. The van der Waals surface area contributed by atoms with Crippen LogP contribution in [0.25, 0.3) is 0 Å². The van der Waals surface area contributed by atoms with Gasteiger partial charge in [-0.1, -0.05) is 18.9 Å². The number of rotatable bonds is 5. The molecule has 1 aliphatic carbocycles. The molecule has 1 aliphatic rings. The summed E-state index contributed by atoms with van der Waals surface area (Å²) in [6.07, 6.45) is 4.87. The number of ether oxygens (including phenoxy) is 1. The summed E-state index contributed by atoms with van der Waals surface area (Å²) >= 11 is 0. The molecule has 1 aromatic rings. The summed E-state index contributed by atoms with van der Waals surface area (Å²) in [5, 5.41) is 12.7. The topological polar surface area (TPSA) is 54.4 Å². The van der Waals surface area contributed by atoms with Crippen molar-refractivity contribution >= 4 is 5.82 Å². The second-order valence-electron chi connectivity index (χ2n) is 4.93. The first-order valence-electron chi connectivity index (χ1n) is 6.69. The molecule has 0 radical (unpaired) electrons. The van der Waals surface area contributed by atoms with Crippen LogP contribution in [0.2, 0.25) is 0 Å². The summed E-state index contributed by atoms with van der Waals surface area (Å²) in [6.45, 7) is 1.18. The largest absolute Gasteiger partial charge is 0.481 e. The van der Waals surface area contributed by atoms with Gasteiger partial charge in [0.2, 0.25) is 5.88 Å². The van der Waals surface area contributed by atoms with Gasteiger partial charge in [0.25, 0.3) is 0 Å². The van der Waals surface area contributed by atoms with Crippen LogP contribution in [0.15, 0.2) is 18.2 Å². The van der Waals surface area contributed by atoms with Gasteiger partial charge in [-0.2, -0.15) is 4.98 Å². The number of aliphatic hydroxyl groups excluding tert-OH is 1. The highest BCUT2D eigenvalue weighted by molar-refractivity contribution is 5.37. The third-order valence-electron chi connectivity index (χ3n) is 3.78. The molecule has 0 amide bonds. The Bertz CT molecular complexity index is 371. The van der Waals surface area contributed by atoms with E-state index in [2.05, 4.69) is 10.3 Å². The van der Waals surface area contributed by atoms with E-state index in [1.165, 1.54) is 19.3 Å². The molecule has 2 atom stereocenters. The van der Waals surface area contributed by atoms with Crippen LogP contribution in [0, 0.1) is 11.8 Å². The molecular formula is C14H22N2O2. The number of aliphatic hydroxyl groups is 1. The number of nitrogens with zero attached hydrogens (tertiary/aromatic N) is 1. The molecule has 1 saturated carbocycles. The lowest BCUT2D eigenvalue weighted by molar-refractivity contribution is 0.141. The number of hydrogen-bond acceptors (Lipinski definition) is 4. The third kappa shape index (κ3) is 3.35. The number of aromatic nitrogens is 1. The monoisotopic (exact) mass is 250 g/mol. The van der Waals surface area contributed by atoms with Gasteiger partial charge in [0.05, 0.1) is 7.11 Å². The predicted octanol–water partition coefficient (Wildman–Crippen LogP) is 2.30. The van der Waals surface area contributed by atoms with E-state index in [9.17, 15) is 5.11 Å². The highest BCUT2D eigenvalue weighted by Crippen LogP contribution is 2.29. The van der Waals surface area contributed by atoms with Crippen LogP contribution >= 0.6 is 0 Å². The molecule has 2 N–H and O–H groups in total. The Balaban J connectivity index is 1.89. The van der Waals surface area contributed by atoms with Crippen molar-refractivity contribution in [3.63, 3.8) is 0 Å². The molecule has 0 aromatic carbocycles. The smallest absolute Gasteiger partial charge is 0.214 e. The Morgan fingerprint density at radius 1 is 1.33 bits per heavy atom. The molecule has 4 heteroatoms. The number of hydrogen-bond donors (Lipinski definition) is 2. The van der Waals surface area contributed by atoms with Crippen molar-refractivity contribution < 1.29 is 9.84 Å². The molecule has 1 heterocycles. The Morgan fingerprint density at radius 3 is 2.83 bits per heavy atom. The van der Waals surface area contributed by atoms with Crippen molar-refractivity contribution in [3.8, 4) is 5.88 Å². The van der Waals surface area contributed by atoms with Gasteiger partial charge in [-0.3, -0.25) is 0 Å². The van der Waals surface area contributed by atoms with E-state index in [0.717, 1.165) is 18.8 Å². The van der Waals surface area contributed by atoms with Crippen LogP contribution in [0.1, 0.15) is 25.7 Å². The first-order chi connectivity index (χ1) is 8.83. The second kappa shape index (κ2) is 6.59. The quantitative estimate of drug-likeness (QED) is 0.842. The molecule has 2 rings (SSSR count). The van der Waals surface area contributed by atoms with E-state index in [4.69, 9.17) is 4.74 Å². The van der Waals surface area contributed by atoms with Crippen LogP contribution in [-0.4, -0.2) is 30.4 Å². The fourth-order valence-corrected chi connectivity index (χ4v) is 2.66. The minimum atomic E-state index is 0.303. The zero-order chi connectivity index (χ0) is 12.8. The van der Waals surface area contributed by atoms with Crippen molar-refractivity contribution in [1.82, 2.24) is 4.98 Å². The van der Waals surface area contributed by atoms with E-state index in [0.29, 0.717) is 24.3 Å². The summed E-state index contributed by atoms with van der Waals surface area (Å²) in [6, 6.07) is 5.71. The van der Waals surface area contributed by atoms with E-state index >= 15 is 0 Å². The zero-order valence-electron chi connectivity index (χ0n) is 10.9. The molecule has 0 saturated heterocycles. The van der Waals surface area contributed by atoms with E-state index in [-0.39, 0.29) is 0 Å². The van der Waals surface area contributed by atoms with Crippen LogP contribution in [0.5, 0.6) is 5.88 Å². The molecule has 1 aromatic heterocycles. The number of methoxy groups -OCH3 is 1. The average Bonchev–Trinajstić information content (AvgIpc) is 2.45. The maximum Gasteiger partial charge on any atom is 0.214 e. The number of pyridine rings is 1. The van der Waals surface area contributed by atoms with Gasteiger partial charge in [0, 0.05) is 19.2 Å². The van der Waals surface area contributed by atoms with Gasteiger partial charge in [-0.15, -0.1) is 0 Å². The van der Waals surface area contributed by atoms with Crippen molar-refractivity contribution in [2.45, 2.75) is 25.7 Å². The third-order valence-corrected chi connectivity index (χ3v) is 3.78. The maximum atomic E-state index is 9.38. The van der Waals surface area contributed by atoms with Crippen LogP contribution in [0.4, 0.5) is 5.82 Å². The fourth-order valence-electron chi connectivity index (χ4n) is 2.66. The molecule has 2 unspecified atom stereocenters. The van der Waals surface area contributed by atoms with Gasteiger partial charge < -0.3 is 15.2 Å². The summed E-state index contributed by atoms with van der Waals surface area (Å²) in [5.74, 6) is 2.47. The predicted molar refractivity (Wildman–Crippen MR) is 71.8 cm³/mol. The Hall–Kier alpha value is -1.29.